The zero-order valence-corrected chi connectivity index (χ0v) is 10.3. The maximum Gasteiger partial charge on any atom is 0.339 e. The molecule has 0 aliphatic carbocycles. The Labute approximate surface area is 102 Å². The molecule has 3 nitrogen and oxygen atoms in total. The molecule has 0 aromatic heterocycles. The Bertz CT molecular complexity index is 372. The second kappa shape index (κ2) is 6.94. The number of phenols is 1. The Balaban J connectivity index is 2.49. The predicted octanol–water partition coefficient (Wildman–Crippen LogP) is 3.60. The van der Waals surface area contributed by atoms with Crippen LogP contribution in [0.25, 0.3) is 0 Å². The van der Waals surface area contributed by atoms with E-state index >= 15 is 0 Å². The monoisotopic (exact) mass is 236 g/mol. The van der Waals surface area contributed by atoms with E-state index in [-0.39, 0.29) is 11.3 Å². The SMILES string of the molecule is CCCCCCCc1ccc(O)c(C(=O)O)c1. The van der Waals surface area contributed by atoms with Crippen LogP contribution >= 0.6 is 0 Å². The van der Waals surface area contributed by atoms with Gasteiger partial charge >= 0.3 is 5.97 Å². The molecule has 0 aliphatic heterocycles. The Morgan fingerprint density at radius 1 is 1.18 bits per heavy atom. The summed E-state index contributed by atoms with van der Waals surface area (Å²) in [5.74, 6) is -1.23. The van der Waals surface area contributed by atoms with E-state index in [1.165, 1.54) is 31.7 Å². The molecule has 0 saturated heterocycles. The minimum atomic E-state index is -1.07. The standard InChI is InChI=1S/C14H20O3/c1-2-3-4-5-6-7-11-8-9-13(15)12(10-11)14(16)17/h8-10,15H,2-7H2,1H3,(H,16,17). The molecule has 0 atom stereocenters. The van der Waals surface area contributed by atoms with Crippen LogP contribution in [0.3, 0.4) is 0 Å². The minimum absolute atomic E-state index is 0.00365. The number of unbranched alkanes of at least 4 members (excludes halogenated alkanes) is 4. The average molecular weight is 236 g/mol. The third-order valence-electron chi connectivity index (χ3n) is 2.86. The van der Waals surface area contributed by atoms with Gasteiger partial charge in [-0.25, -0.2) is 4.79 Å². The third-order valence-corrected chi connectivity index (χ3v) is 2.86. The molecule has 1 aromatic carbocycles. The molecule has 0 fully saturated rings. The quantitative estimate of drug-likeness (QED) is 0.711. The number of carboxylic acids is 1. The van der Waals surface area contributed by atoms with Crippen molar-refractivity contribution in [2.24, 2.45) is 0 Å². The van der Waals surface area contributed by atoms with Crippen LogP contribution in [0.2, 0.25) is 0 Å². The molecular weight excluding hydrogens is 216 g/mol. The van der Waals surface area contributed by atoms with E-state index in [0.717, 1.165) is 18.4 Å². The second-order valence-corrected chi connectivity index (χ2v) is 4.32. The topological polar surface area (TPSA) is 57.5 Å². The summed E-state index contributed by atoms with van der Waals surface area (Å²) in [5, 5.41) is 18.2. The number of benzene rings is 1. The lowest BCUT2D eigenvalue weighted by Gasteiger charge is -2.04. The number of aromatic carboxylic acids is 1. The van der Waals surface area contributed by atoms with Crippen molar-refractivity contribution in [3.63, 3.8) is 0 Å². The van der Waals surface area contributed by atoms with E-state index in [0.29, 0.717) is 0 Å². The largest absolute Gasteiger partial charge is 0.507 e. The van der Waals surface area contributed by atoms with Crippen LogP contribution in [0.5, 0.6) is 5.75 Å². The summed E-state index contributed by atoms with van der Waals surface area (Å²) in [6.45, 7) is 2.18. The van der Waals surface area contributed by atoms with Crippen LogP contribution in [-0.2, 0) is 6.42 Å². The van der Waals surface area contributed by atoms with Gasteiger partial charge in [0, 0.05) is 0 Å². The van der Waals surface area contributed by atoms with Crippen molar-refractivity contribution in [3.05, 3.63) is 29.3 Å². The number of hydrogen-bond donors (Lipinski definition) is 2. The number of rotatable bonds is 7. The van der Waals surface area contributed by atoms with Crippen molar-refractivity contribution in [2.45, 2.75) is 45.4 Å². The first-order valence-corrected chi connectivity index (χ1v) is 6.20. The molecule has 0 saturated carbocycles. The summed E-state index contributed by atoms with van der Waals surface area (Å²) in [6, 6.07) is 4.82. The summed E-state index contributed by atoms with van der Waals surface area (Å²) in [5.41, 5.74) is 0.979. The van der Waals surface area contributed by atoms with Crippen LogP contribution in [-0.4, -0.2) is 16.2 Å². The van der Waals surface area contributed by atoms with Crippen molar-refractivity contribution < 1.29 is 15.0 Å². The molecule has 0 heterocycles. The zero-order valence-electron chi connectivity index (χ0n) is 10.3. The van der Waals surface area contributed by atoms with E-state index in [1.54, 1.807) is 12.1 Å². The maximum atomic E-state index is 10.8. The van der Waals surface area contributed by atoms with Gasteiger partial charge in [0.2, 0.25) is 0 Å². The molecule has 0 unspecified atom stereocenters. The summed E-state index contributed by atoms with van der Waals surface area (Å²) in [4.78, 5) is 10.8. The summed E-state index contributed by atoms with van der Waals surface area (Å²) < 4.78 is 0. The van der Waals surface area contributed by atoms with Crippen LogP contribution < -0.4 is 0 Å². The summed E-state index contributed by atoms with van der Waals surface area (Å²) in [7, 11) is 0. The van der Waals surface area contributed by atoms with Crippen molar-refractivity contribution in [3.8, 4) is 5.75 Å². The zero-order chi connectivity index (χ0) is 12.7. The fourth-order valence-corrected chi connectivity index (χ4v) is 1.84. The number of carbonyl (C=O) groups is 1. The highest BCUT2D eigenvalue weighted by Gasteiger charge is 2.09. The van der Waals surface area contributed by atoms with E-state index < -0.39 is 5.97 Å². The number of hydrogen-bond acceptors (Lipinski definition) is 2. The van der Waals surface area contributed by atoms with Gasteiger partial charge in [0.25, 0.3) is 0 Å². The molecule has 0 aliphatic rings. The number of aryl methyl sites for hydroxylation is 1. The maximum absolute atomic E-state index is 10.8. The van der Waals surface area contributed by atoms with Crippen molar-refractivity contribution in [2.75, 3.05) is 0 Å². The highest BCUT2D eigenvalue weighted by molar-refractivity contribution is 5.90. The van der Waals surface area contributed by atoms with Gasteiger partial charge < -0.3 is 10.2 Å². The van der Waals surface area contributed by atoms with Crippen LogP contribution in [0, 0.1) is 0 Å². The molecule has 1 rings (SSSR count). The minimum Gasteiger partial charge on any atom is -0.507 e. The van der Waals surface area contributed by atoms with E-state index in [1.807, 2.05) is 0 Å². The van der Waals surface area contributed by atoms with Gasteiger partial charge in [-0.1, -0.05) is 38.7 Å². The van der Waals surface area contributed by atoms with Gasteiger partial charge in [-0.3, -0.25) is 0 Å². The molecule has 0 spiro atoms. The first-order chi connectivity index (χ1) is 8.15. The number of aromatic hydroxyl groups is 1. The van der Waals surface area contributed by atoms with E-state index in [2.05, 4.69) is 6.92 Å². The molecule has 3 heteroatoms. The Kier molecular flexibility index (Phi) is 5.53. The van der Waals surface area contributed by atoms with Crippen LogP contribution in [0.1, 0.15) is 54.9 Å². The van der Waals surface area contributed by atoms with E-state index in [9.17, 15) is 9.90 Å². The normalized spacial score (nSPS) is 10.4. The molecule has 94 valence electrons. The fourth-order valence-electron chi connectivity index (χ4n) is 1.84. The van der Waals surface area contributed by atoms with Crippen LogP contribution in [0.15, 0.2) is 18.2 Å². The molecular formula is C14H20O3. The van der Waals surface area contributed by atoms with Crippen molar-refractivity contribution >= 4 is 5.97 Å². The molecule has 0 bridgehead atoms. The Hall–Kier alpha value is -1.51. The van der Waals surface area contributed by atoms with Gasteiger partial charge in [-0.2, -0.15) is 0 Å². The molecule has 2 N–H and O–H groups in total. The summed E-state index contributed by atoms with van der Waals surface area (Å²) >= 11 is 0. The lowest BCUT2D eigenvalue weighted by Crippen LogP contribution is -1.98. The van der Waals surface area contributed by atoms with Gasteiger partial charge in [-0.05, 0) is 30.5 Å². The van der Waals surface area contributed by atoms with Crippen LogP contribution in [0.4, 0.5) is 0 Å². The molecule has 1 aromatic rings. The molecule has 0 radical (unpaired) electrons. The first kappa shape index (κ1) is 13.6. The summed E-state index contributed by atoms with van der Waals surface area (Å²) in [6.07, 6.45) is 6.85. The van der Waals surface area contributed by atoms with E-state index in [4.69, 9.17) is 5.11 Å². The third kappa shape index (κ3) is 4.47. The van der Waals surface area contributed by atoms with Gasteiger partial charge in [0.1, 0.15) is 11.3 Å². The smallest absolute Gasteiger partial charge is 0.339 e. The highest BCUT2D eigenvalue weighted by atomic mass is 16.4. The second-order valence-electron chi connectivity index (χ2n) is 4.32. The van der Waals surface area contributed by atoms with Crippen molar-refractivity contribution in [1.82, 2.24) is 0 Å². The van der Waals surface area contributed by atoms with Gasteiger partial charge in [0.15, 0.2) is 0 Å². The van der Waals surface area contributed by atoms with Gasteiger partial charge in [0.05, 0.1) is 0 Å². The van der Waals surface area contributed by atoms with Gasteiger partial charge in [-0.15, -0.1) is 0 Å². The fraction of sp³-hybridized carbons (Fsp3) is 0.500. The first-order valence-electron chi connectivity index (χ1n) is 6.20. The Morgan fingerprint density at radius 2 is 1.88 bits per heavy atom. The van der Waals surface area contributed by atoms with Crippen molar-refractivity contribution in [1.29, 1.82) is 0 Å². The molecule has 0 amide bonds. The lowest BCUT2D eigenvalue weighted by atomic mass is 10.0. The Morgan fingerprint density at radius 3 is 2.53 bits per heavy atom. The lowest BCUT2D eigenvalue weighted by molar-refractivity contribution is 0.0693. The number of carboxylic acid groups (broad SMARTS) is 1. The molecule has 17 heavy (non-hydrogen) atoms. The average Bonchev–Trinajstić information content (AvgIpc) is 2.30. The highest BCUT2D eigenvalue weighted by Crippen LogP contribution is 2.19. The predicted molar refractivity (Wildman–Crippen MR) is 67.5 cm³/mol.